The van der Waals surface area contributed by atoms with E-state index in [9.17, 15) is 14.0 Å². The minimum Gasteiger partial charge on any atom is -0.464 e. The van der Waals surface area contributed by atoms with Crippen molar-refractivity contribution >= 4 is 17.6 Å². The van der Waals surface area contributed by atoms with Gasteiger partial charge in [0.15, 0.2) is 11.9 Å². The van der Waals surface area contributed by atoms with E-state index >= 15 is 0 Å². The lowest BCUT2D eigenvalue weighted by molar-refractivity contribution is -0.133. The summed E-state index contributed by atoms with van der Waals surface area (Å²) in [5.41, 5.74) is -0.0702. The number of benzene rings is 2. The Morgan fingerprint density at radius 2 is 1.55 bits per heavy atom. The molecule has 0 aliphatic carbocycles. The Bertz CT molecular complexity index is 684. The van der Waals surface area contributed by atoms with Crippen LogP contribution in [0.2, 0.25) is 0 Å². The molecule has 0 aliphatic rings. The lowest BCUT2D eigenvalue weighted by atomic mass is 10.1. The monoisotopic (exact) mass is 299 g/mol. The fourth-order valence-corrected chi connectivity index (χ4v) is 1.84. The van der Waals surface area contributed by atoms with Crippen molar-refractivity contribution in [3.8, 4) is 0 Å². The third kappa shape index (κ3) is 3.63. The number of carbonyl (C=O) groups is 2. The maximum Gasteiger partial charge on any atom is 0.356 e. The van der Waals surface area contributed by atoms with Crippen molar-refractivity contribution in [1.29, 1.82) is 0 Å². The quantitative estimate of drug-likeness (QED) is 0.643. The van der Waals surface area contributed by atoms with Crippen molar-refractivity contribution < 1.29 is 18.7 Å². The Morgan fingerprint density at radius 1 is 1.00 bits per heavy atom. The summed E-state index contributed by atoms with van der Waals surface area (Å²) >= 11 is 0. The van der Waals surface area contributed by atoms with Crippen molar-refractivity contribution in [2.24, 2.45) is 4.99 Å². The second-order valence-electron chi connectivity index (χ2n) is 4.43. The predicted octanol–water partition coefficient (Wildman–Crippen LogP) is 3.15. The maximum atomic E-state index is 14.5. The number of alkyl halides is 1. The summed E-state index contributed by atoms with van der Waals surface area (Å²) in [6.45, 7) is 0. The van der Waals surface area contributed by atoms with Gasteiger partial charge < -0.3 is 4.74 Å². The summed E-state index contributed by atoms with van der Waals surface area (Å²) in [5.74, 6) is -1.67. The molecule has 0 spiro atoms. The molecule has 0 aliphatic heterocycles. The number of nitrogens with zero attached hydrogens (tertiary/aromatic N) is 1. The van der Waals surface area contributed by atoms with Crippen LogP contribution in [0.5, 0.6) is 0 Å². The first-order valence-electron chi connectivity index (χ1n) is 6.58. The highest BCUT2D eigenvalue weighted by atomic mass is 19.1. The van der Waals surface area contributed by atoms with Gasteiger partial charge in [-0.1, -0.05) is 48.5 Å². The highest BCUT2D eigenvalue weighted by Crippen LogP contribution is 2.20. The molecular formula is C17H14FNO3. The zero-order valence-electron chi connectivity index (χ0n) is 11.9. The summed E-state index contributed by atoms with van der Waals surface area (Å²) in [7, 11) is 1.11. The predicted molar refractivity (Wildman–Crippen MR) is 80.5 cm³/mol. The molecule has 1 atom stereocenters. The second kappa shape index (κ2) is 7.26. The van der Waals surface area contributed by atoms with Crippen molar-refractivity contribution in [2.45, 2.75) is 6.17 Å². The first-order chi connectivity index (χ1) is 10.6. The van der Waals surface area contributed by atoms with Crippen molar-refractivity contribution in [2.75, 3.05) is 7.11 Å². The number of methoxy groups -OCH3 is 1. The van der Waals surface area contributed by atoms with E-state index in [-0.39, 0.29) is 11.1 Å². The topological polar surface area (TPSA) is 55.7 Å². The molecule has 22 heavy (non-hydrogen) atoms. The number of aliphatic imine (C=N–C) groups is 1. The van der Waals surface area contributed by atoms with Gasteiger partial charge >= 0.3 is 5.97 Å². The van der Waals surface area contributed by atoms with Crippen LogP contribution in [-0.4, -0.2) is 24.7 Å². The molecule has 2 aromatic carbocycles. The van der Waals surface area contributed by atoms with E-state index in [0.717, 1.165) is 7.11 Å². The van der Waals surface area contributed by atoms with E-state index in [4.69, 9.17) is 0 Å². The van der Waals surface area contributed by atoms with E-state index in [1.165, 1.54) is 24.3 Å². The molecule has 0 radical (unpaired) electrons. The highest BCUT2D eigenvalue weighted by molar-refractivity contribution is 6.40. The third-order valence-electron chi connectivity index (χ3n) is 2.97. The lowest BCUT2D eigenvalue weighted by Crippen LogP contribution is -2.23. The van der Waals surface area contributed by atoms with Gasteiger partial charge in [-0.3, -0.25) is 4.79 Å². The van der Waals surface area contributed by atoms with Gasteiger partial charge in [-0.05, 0) is 17.7 Å². The van der Waals surface area contributed by atoms with Crippen LogP contribution in [0, 0.1) is 0 Å². The maximum absolute atomic E-state index is 14.5. The minimum absolute atomic E-state index is 0.229. The molecule has 1 amide bonds. The van der Waals surface area contributed by atoms with Crippen LogP contribution in [0.4, 0.5) is 4.39 Å². The normalized spacial score (nSPS) is 12.5. The van der Waals surface area contributed by atoms with Gasteiger partial charge in [0.2, 0.25) is 0 Å². The molecule has 0 saturated heterocycles. The standard InChI is InChI=1S/C17H14FNO3/c1-22-17(21)15(14(18)12-8-4-2-5-9-12)19-16(20)13-10-6-3-7-11-13/h2-11,14H,1H3. The van der Waals surface area contributed by atoms with Crippen LogP contribution in [0.15, 0.2) is 65.7 Å². The molecule has 0 heterocycles. The van der Waals surface area contributed by atoms with Crippen LogP contribution in [0.1, 0.15) is 22.1 Å². The van der Waals surface area contributed by atoms with Crippen molar-refractivity contribution in [3.63, 3.8) is 0 Å². The molecule has 4 nitrogen and oxygen atoms in total. The fraction of sp³-hybridized carbons (Fsp3) is 0.118. The van der Waals surface area contributed by atoms with Crippen LogP contribution in [-0.2, 0) is 9.53 Å². The average molecular weight is 299 g/mol. The van der Waals surface area contributed by atoms with Gasteiger partial charge in [-0.2, -0.15) is 0 Å². The third-order valence-corrected chi connectivity index (χ3v) is 2.97. The van der Waals surface area contributed by atoms with E-state index in [1.807, 2.05) is 0 Å². The smallest absolute Gasteiger partial charge is 0.356 e. The molecule has 2 rings (SSSR count). The Morgan fingerprint density at radius 3 is 2.09 bits per heavy atom. The van der Waals surface area contributed by atoms with E-state index in [0.29, 0.717) is 0 Å². The summed E-state index contributed by atoms with van der Waals surface area (Å²) in [6.07, 6.45) is -1.83. The first kappa shape index (κ1) is 15.6. The van der Waals surface area contributed by atoms with Gasteiger partial charge in [-0.25, -0.2) is 14.2 Å². The van der Waals surface area contributed by atoms with Gasteiger partial charge in [0.25, 0.3) is 5.91 Å². The summed E-state index contributed by atoms with van der Waals surface area (Å²) in [4.78, 5) is 27.4. The van der Waals surface area contributed by atoms with Crippen LogP contribution in [0.3, 0.4) is 0 Å². The van der Waals surface area contributed by atoms with Crippen LogP contribution >= 0.6 is 0 Å². The summed E-state index contributed by atoms with van der Waals surface area (Å²) in [5, 5.41) is 0. The molecule has 2 aromatic rings. The minimum atomic E-state index is -1.83. The molecule has 112 valence electrons. The molecule has 0 fully saturated rings. The SMILES string of the molecule is COC(=O)C(=NC(=O)c1ccccc1)C(F)c1ccccc1. The first-order valence-corrected chi connectivity index (χ1v) is 6.58. The zero-order valence-corrected chi connectivity index (χ0v) is 11.9. The largest absolute Gasteiger partial charge is 0.464 e. The van der Waals surface area contributed by atoms with E-state index < -0.39 is 23.8 Å². The molecule has 0 N–H and O–H groups in total. The summed E-state index contributed by atoms with van der Waals surface area (Å²) in [6, 6.07) is 16.1. The Kier molecular flexibility index (Phi) is 5.14. The van der Waals surface area contributed by atoms with Crippen LogP contribution in [0.25, 0.3) is 0 Å². The van der Waals surface area contributed by atoms with Crippen molar-refractivity contribution in [1.82, 2.24) is 0 Å². The Balaban J connectivity index is 2.36. The number of ether oxygens (including phenoxy) is 1. The number of carbonyl (C=O) groups excluding carboxylic acids is 2. The molecule has 0 saturated carbocycles. The van der Waals surface area contributed by atoms with E-state index in [1.54, 1.807) is 36.4 Å². The van der Waals surface area contributed by atoms with Gasteiger partial charge in [0.1, 0.15) is 0 Å². The molecular weight excluding hydrogens is 285 g/mol. The Hall–Kier alpha value is -2.82. The van der Waals surface area contributed by atoms with Crippen molar-refractivity contribution in [3.05, 3.63) is 71.8 Å². The highest BCUT2D eigenvalue weighted by Gasteiger charge is 2.26. The molecule has 0 bridgehead atoms. The molecule has 0 aromatic heterocycles. The summed E-state index contributed by atoms with van der Waals surface area (Å²) < 4.78 is 19.1. The number of halogens is 1. The molecule has 5 heteroatoms. The van der Waals surface area contributed by atoms with Crippen LogP contribution < -0.4 is 0 Å². The van der Waals surface area contributed by atoms with Gasteiger partial charge in [0, 0.05) is 5.56 Å². The number of esters is 1. The number of hydrogen-bond acceptors (Lipinski definition) is 3. The van der Waals surface area contributed by atoms with Gasteiger partial charge in [0.05, 0.1) is 7.11 Å². The lowest BCUT2D eigenvalue weighted by Gasteiger charge is -2.10. The fourth-order valence-electron chi connectivity index (χ4n) is 1.84. The van der Waals surface area contributed by atoms with E-state index in [2.05, 4.69) is 9.73 Å². The number of hydrogen-bond donors (Lipinski definition) is 0. The Labute approximate surface area is 127 Å². The average Bonchev–Trinajstić information content (AvgIpc) is 2.59. The van der Waals surface area contributed by atoms with Gasteiger partial charge in [-0.15, -0.1) is 0 Å². The molecule has 1 unspecified atom stereocenters. The second-order valence-corrected chi connectivity index (χ2v) is 4.43. The zero-order chi connectivity index (χ0) is 15.9. The number of rotatable bonds is 4. The number of amides is 1.